The first-order valence-corrected chi connectivity index (χ1v) is 7.21. The van der Waals surface area contributed by atoms with Crippen LogP contribution >= 0.6 is 15.9 Å². The Balaban J connectivity index is 2.18. The maximum Gasteiger partial charge on any atom is 0.387 e. The van der Waals surface area contributed by atoms with E-state index >= 15 is 0 Å². The van der Waals surface area contributed by atoms with E-state index in [0.717, 1.165) is 12.1 Å². The molecule has 0 bridgehead atoms. The van der Waals surface area contributed by atoms with Crippen LogP contribution in [-0.4, -0.2) is 18.4 Å². The van der Waals surface area contributed by atoms with Crippen molar-refractivity contribution in [2.24, 2.45) is 10.9 Å². The minimum absolute atomic E-state index is 0.185. The molecule has 0 radical (unpaired) electrons. The van der Waals surface area contributed by atoms with E-state index in [-0.39, 0.29) is 17.1 Å². The lowest BCUT2D eigenvalue weighted by Crippen LogP contribution is -2.16. The molecule has 2 aromatic carbocycles. The van der Waals surface area contributed by atoms with E-state index in [1.165, 1.54) is 30.3 Å². The molecule has 9 heteroatoms. The molecule has 0 amide bonds. The highest BCUT2D eigenvalue weighted by Gasteiger charge is 2.18. The number of oxime groups is 1. The van der Waals surface area contributed by atoms with E-state index in [1.807, 2.05) is 0 Å². The molecule has 2 rings (SSSR count). The van der Waals surface area contributed by atoms with Gasteiger partial charge in [-0.25, -0.2) is 9.18 Å². The van der Waals surface area contributed by atoms with Gasteiger partial charge in [0, 0.05) is 10.0 Å². The van der Waals surface area contributed by atoms with Gasteiger partial charge in [-0.1, -0.05) is 21.1 Å². The second-order valence-corrected chi connectivity index (χ2v) is 5.30. The highest BCUT2D eigenvalue weighted by molar-refractivity contribution is 9.10. The zero-order valence-electron chi connectivity index (χ0n) is 11.9. The number of hydrogen-bond donors (Lipinski definition) is 1. The van der Waals surface area contributed by atoms with E-state index in [1.54, 1.807) is 0 Å². The number of alkyl halides is 2. The summed E-state index contributed by atoms with van der Waals surface area (Å²) in [6.45, 7) is -3.11. The molecule has 0 spiro atoms. The molecule has 0 heterocycles. The summed E-state index contributed by atoms with van der Waals surface area (Å²) in [5.41, 5.74) is 5.67. The van der Waals surface area contributed by atoms with Gasteiger partial charge >= 0.3 is 12.6 Å². The molecular weight excluding hydrogens is 393 g/mol. The second kappa shape index (κ2) is 7.82. The molecule has 24 heavy (non-hydrogen) atoms. The highest BCUT2D eigenvalue weighted by atomic mass is 79.9. The van der Waals surface area contributed by atoms with Gasteiger partial charge in [0.2, 0.25) is 0 Å². The quantitative estimate of drug-likeness (QED) is 0.358. The fourth-order valence-electron chi connectivity index (χ4n) is 1.67. The molecule has 0 aliphatic rings. The fourth-order valence-corrected chi connectivity index (χ4v) is 2.03. The zero-order chi connectivity index (χ0) is 17.7. The number of amidine groups is 1. The molecule has 0 fully saturated rings. The topological polar surface area (TPSA) is 73.9 Å². The van der Waals surface area contributed by atoms with Gasteiger partial charge in [0.15, 0.2) is 5.84 Å². The van der Waals surface area contributed by atoms with Gasteiger partial charge < -0.3 is 15.3 Å². The minimum atomic E-state index is -3.11. The Hall–Kier alpha value is -2.55. The third kappa shape index (κ3) is 4.72. The van der Waals surface area contributed by atoms with Crippen molar-refractivity contribution in [2.75, 3.05) is 0 Å². The number of carbonyl (C=O) groups is 1. The van der Waals surface area contributed by atoms with Crippen molar-refractivity contribution in [1.29, 1.82) is 0 Å². The zero-order valence-corrected chi connectivity index (χ0v) is 13.5. The number of carbonyl (C=O) groups excluding carboxylic acids is 1. The monoisotopic (exact) mass is 402 g/mol. The smallest absolute Gasteiger partial charge is 0.387 e. The molecule has 0 atom stereocenters. The summed E-state index contributed by atoms with van der Waals surface area (Å²) in [7, 11) is 0. The van der Waals surface area contributed by atoms with Crippen molar-refractivity contribution in [1.82, 2.24) is 0 Å². The van der Waals surface area contributed by atoms with Gasteiger partial charge in [-0.3, -0.25) is 0 Å². The lowest BCUT2D eigenvalue weighted by atomic mass is 10.2. The van der Waals surface area contributed by atoms with Gasteiger partial charge in [0.1, 0.15) is 17.1 Å². The molecular formula is C15H10BrF3N2O3. The predicted molar refractivity (Wildman–Crippen MR) is 83.3 cm³/mol. The van der Waals surface area contributed by atoms with E-state index in [2.05, 4.69) is 30.7 Å². The number of benzene rings is 2. The van der Waals surface area contributed by atoms with E-state index < -0.39 is 18.4 Å². The number of nitrogens with two attached hydrogens (primary N) is 1. The number of nitrogens with zero attached hydrogens (tertiary/aromatic N) is 1. The molecule has 0 aliphatic heterocycles. The third-order valence-electron chi connectivity index (χ3n) is 2.74. The van der Waals surface area contributed by atoms with Crippen molar-refractivity contribution in [2.45, 2.75) is 6.61 Å². The van der Waals surface area contributed by atoms with Gasteiger partial charge in [0.25, 0.3) is 0 Å². The summed E-state index contributed by atoms with van der Waals surface area (Å²) in [4.78, 5) is 16.6. The number of ether oxygens (including phenoxy) is 1. The van der Waals surface area contributed by atoms with Crippen LogP contribution in [0.3, 0.4) is 0 Å². The number of hydrogen-bond acceptors (Lipinski definition) is 4. The molecule has 2 aromatic rings. The third-order valence-corrected chi connectivity index (χ3v) is 3.24. The van der Waals surface area contributed by atoms with Crippen molar-refractivity contribution in [3.8, 4) is 5.75 Å². The van der Waals surface area contributed by atoms with Gasteiger partial charge in [-0.05, 0) is 42.5 Å². The van der Waals surface area contributed by atoms with Crippen LogP contribution in [0.2, 0.25) is 0 Å². The Labute approximate surface area is 143 Å². The molecule has 0 saturated heterocycles. The molecule has 126 valence electrons. The second-order valence-electron chi connectivity index (χ2n) is 4.38. The van der Waals surface area contributed by atoms with Crippen LogP contribution in [0.5, 0.6) is 5.75 Å². The van der Waals surface area contributed by atoms with Gasteiger partial charge in [-0.2, -0.15) is 8.78 Å². The van der Waals surface area contributed by atoms with E-state index in [0.29, 0.717) is 10.0 Å². The van der Waals surface area contributed by atoms with Crippen LogP contribution in [0.15, 0.2) is 52.1 Å². The van der Waals surface area contributed by atoms with Crippen molar-refractivity contribution >= 4 is 27.7 Å². The van der Waals surface area contributed by atoms with Crippen LogP contribution in [-0.2, 0) is 4.84 Å². The van der Waals surface area contributed by atoms with Crippen LogP contribution in [0, 0.1) is 5.82 Å². The first-order valence-electron chi connectivity index (χ1n) is 6.42. The molecule has 0 aromatic heterocycles. The molecule has 2 N–H and O–H groups in total. The Morgan fingerprint density at radius 3 is 2.46 bits per heavy atom. The number of rotatable bonds is 5. The maximum atomic E-state index is 12.8. The Morgan fingerprint density at radius 2 is 1.83 bits per heavy atom. The molecule has 0 aliphatic carbocycles. The van der Waals surface area contributed by atoms with Crippen molar-refractivity contribution < 1.29 is 27.5 Å². The van der Waals surface area contributed by atoms with Crippen LogP contribution < -0.4 is 10.5 Å². The Morgan fingerprint density at radius 1 is 1.17 bits per heavy atom. The molecule has 0 unspecified atom stereocenters. The lowest BCUT2D eigenvalue weighted by Gasteiger charge is -2.09. The summed E-state index contributed by atoms with van der Waals surface area (Å²) in [6.07, 6.45) is 0. The summed E-state index contributed by atoms with van der Waals surface area (Å²) >= 11 is 3.11. The van der Waals surface area contributed by atoms with Gasteiger partial charge in [-0.15, -0.1) is 0 Å². The fraction of sp³-hybridized carbons (Fsp3) is 0.0667. The first kappa shape index (κ1) is 17.8. The van der Waals surface area contributed by atoms with Crippen LogP contribution in [0.25, 0.3) is 0 Å². The van der Waals surface area contributed by atoms with E-state index in [4.69, 9.17) is 5.73 Å². The lowest BCUT2D eigenvalue weighted by molar-refractivity contribution is -0.0504. The highest BCUT2D eigenvalue weighted by Crippen LogP contribution is 2.25. The van der Waals surface area contributed by atoms with E-state index in [9.17, 15) is 18.0 Å². The maximum absolute atomic E-state index is 12.8. The van der Waals surface area contributed by atoms with Gasteiger partial charge in [0.05, 0.1) is 0 Å². The summed E-state index contributed by atoms with van der Waals surface area (Å²) < 4.78 is 42.3. The SMILES string of the molecule is N/C(=N\OC(=O)c1cc(Br)ccc1OC(F)F)c1ccc(F)cc1. The molecule has 0 saturated carbocycles. The first-order chi connectivity index (χ1) is 11.4. The average Bonchev–Trinajstić information content (AvgIpc) is 2.54. The Kier molecular flexibility index (Phi) is 5.80. The summed E-state index contributed by atoms with van der Waals surface area (Å²) in [6, 6.07) is 8.83. The standard InChI is InChI=1S/C15H10BrF3N2O3/c16-9-3-6-12(23-15(18)19)11(7-9)14(22)24-21-13(20)8-1-4-10(17)5-2-8/h1-7,15H,(H2,20,21). The Bertz CT molecular complexity index is 767. The summed E-state index contributed by atoms with van der Waals surface area (Å²) in [5, 5.41) is 3.41. The van der Waals surface area contributed by atoms with Crippen molar-refractivity contribution in [3.63, 3.8) is 0 Å². The normalized spacial score (nSPS) is 11.5. The van der Waals surface area contributed by atoms with Crippen molar-refractivity contribution in [3.05, 3.63) is 63.9 Å². The molecule has 5 nitrogen and oxygen atoms in total. The largest absolute Gasteiger partial charge is 0.434 e. The predicted octanol–water partition coefficient (Wildman–Crippen LogP) is 3.67. The minimum Gasteiger partial charge on any atom is -0.434 e. The van der Waals surface area contributed by atoms with Crippen LogP contribution in [0.1, 0.15) is 15.9 Å². The average molecular weight is 403 g/mol. The summed E-state index contributed by atoms with van der Waals surface area (Å²) in [5.74, 6) is -2.06. The van der Waals surface area contributed by atoms with Crippen LogP contribution in [0.4, 0.5) is 13.2 Å². The number of halogens is 4.